The summed E-state index contributed by atoms with van der Waals surface area (Å²) in [5.74, 6) is 0.543. The fraction of sp³-hybridized carbons (Fsp3) is 0.269. The zero-order valence-corrected chi connectivity index (χ0v) is 22.1. The maximum absolute atomic E-state index is 13.5. The molecule has 0 bridgehead atoms. The lowest BCUT2D eigenvalue weighted by molar-refractivity contribution is -0.120. The van der Waals surface area contributed by atoms with E-state index in [1.54, 1.807) is 25.3 Å². The van der Waals surface area contributed by atoms with Gasteiger partial charge in [-0.2, -0.15) is 0 Å². The van der Waals surface area contributed by atoms with Crippen molar-refractivity contribution in [3.05, 3.63) is 88.4 Å². The second-order valence-corrected chi connectivity index (χ2v) is 11.2. The summed E-state index contributed by atoms with van der Waals surface area (Å²) in [6, 6.07) is 19.5. The van der Waals surface area contributed by atoms with Crippen molar-refractivity contribution in [1.29, 1.82) is 0 Å². The first-order chi connectivity index (χ1) is 16.6. The van der Waals surface area contributed by atoms with Crippen LogP contribution in [0.15, 0.2) is 77.7 Å². The van der Waals surface area contributed by atoms with Crippen LogP contribution in [0.3, 0.4) is 0 Å². The molecule has 0 aliphatic heterocycles. The Morgan fingerprint density at radius 2 is 1.57 bits per heavy atom. The highest BCUT2D eigenvalue weighted by molar-refractivity contribution is 7.92. The van der Waals surface area contributed by atoms with Gasteiger partial charge in [0.25, 0.3) is 10.0 Å². The van der Waals surface area contributed by atoms with Crippen LogP contribution in [-0.4, -0.2) is 28.0 Å². The van der Waals surface area contributed by atoms with Gasteiger partial charge in [0.2, 0.25) is 5.91 Å². The molecule has 6 nitrogen and oxygen atoms in total. The molecule has 0 spiro atoms. The van der Waals surface area contributed by atoms with Crippen molar-refractivity contribution in [3.8, 4) is 5.75 Å². The fourth-order valence-corrected chi connectivity index (χ4v) is 5.61. The number of carbonyl (C=O) groups is 1. The summed E-state index contributed by atoms with van der Waals surface area (Å²) < 4.78 is 33.3. The minimum atomic E-state index is -4.08. The predicted molar refractivity (Wildman–Crippen MR) is 141 cm³/mol. The Labute approximate surface area is 216 Å². The van der Waals surface area contributed by atoms with Crippen LogP contribution in [0.4, 0.5) is 5.69 Å². The second-order valence-electron chi connectivity index (χ2n) is 8.48. The minimum absolute atomic E-state index is 0.0535. The molecule has 0 aromatic heterocycles. The SMILES string of the molecule is COc1ccc([C@H](CC(C)C)NC(=O)CN(c2cc(Cl)cc(Cl)c2)S(=O)(=O)c2ccccc2)cc1. The summed E-state index contributed by atoms with van der Waals surface area (Å²) in [7, 11) is -2.49. The monoisotopic (exact) mass is 534 g/mol. The Morgan fingerprint density at radius 1 is 0.971 bits per heavy atom. The molecule has 0 fully saturated rings. The van der Waals surface area contributed by atoms with Gasteiger partial charge in [-0.3, -0.25) is 9.10 Å². The number of hydrogen-bond donors (Lipinski definition) is 1. The summed E-state index contributed by atoms with van der Waals surface area (Å²) in [6.07, 6.45) is 0.673. The number of hydrogen-bond acceptors (Lipinski definition) is 4. The van der Waals surface area contributed by atoms with Gasteiger partial charge in [0.05, 0.1) is 23.7 Å². The van der Waals surface area contributed by atoms with Crippen LogP contribution in [0, 0.1) is 5.92 Å². The number of rotatable bonds is 10. The summed E-state index contributed by atoms with van der Waals surface area (Å²) in [6.45, 7) is 3.67. The standard InChI is InChI=1S/C26H28Cl2N2O4S/c1-18(2)13-25(19-9-11-23(34-3)12-10-19)29-26(31)17-30(22-15-20(27)14-21(28)16-22)35(32,33)24-7-5-4-6-8-24/h4-12,14-16,18,25H,13,17H2,1-3H3,(H,29,31)/t25-/m0/s1. The molecule has 3 rings (SSSR count). The Morgan fingerprint density at radius 3 is 2.11 bits per heavy atom. The normalized spacial score (nSPS) is 12.3. The lowest BCUT2D eigenvalue weighted by atomic mass is 9.97. The molecule has 35 heavy (non-hydrogen) atoms. The Bertz CT molecular complexity index is 1230. The van der Waals surface area contributed by atoms with E-state index >= 15 is 0 Å². The van der Waals surface area contributed by atoms with Crippen molar-refractivity contribution < 1.29 is 17.9 Å². The summed E-state index contributed by atoms with van der Waals surface area (Å²) in [4.78, 5) is 13.3. The van der Waals surface area contributed by atoms with Gasteiger partial charge in [0, 0.05) is 10.0 Å². The highest BCUT2D eigenvalue weighted by Gasteiger charge is 2.28. The van der Waals surface area contributed by atoms with Crippen LogP contribution in [-0.2, 0) is 14.8 Å². The van der Waals surface area contributed by atoms with Gasteiger partial charge in [-0.25, -0.2) is 8.42 Å². The molecule has 3 aromatic rings. The number of halogens is 2. The highest BCUT2D eigenvalue weighted by atomic mass is 35.5. The van der Waals surface area contributed by atoms with Crippen LogP contribution in [0.2, 0.25) is 10.0 Å². The summed E-state index contributed by atoms with van der Waals surface area (Å²) in [5, 5.41) is 3.53. The van der Waals surface area contributed by atoms with E-state index < -0.39 is 22.5 Å². The van der Waals surface area contributed by atoms with Gasteiger partial charge >= 0.3 is 0 Å². The van der Waals surface area contributed by atoms with E-state index in [1.165, 1.54) is 30.3 Å². The molecule has 0 unspecified atom stereocenters. The van der Waals surface area contributed by atoms with Crippen molar-refractivity contribution in [1.82, 2.24) is 5.32 Å². The zero-order chi connectivity index (χ0) is 25.6. The number of sulfonamides is 1. The number of carbonyl (C=O) groups excluding carboxylic acids is 1. The molecule has 1 atom stereocenters. The van der Waals surface area contributed by atoms with Crippen LogP contribution in [0.1, 0.15) is 31.9 Å². The fourth-order valence-electron chi connectivity index (χ4n) is 3.67. The third-order valence-electron chi connectivity index (χ3n) is 5.31. The van der Waals surface area contributed by atoms with E-state index in [9.17, 15) is 13.2 Å². The van der Waals surface area contributed by atoms with Gasteiger partial charge < -0.3 is 10.1 Å². The van der Waals surface area contributed by atoms with Gasteiger partial charge in [0.15, 0.2) is 0 Å². The van der Waals surface area contributed by atoms with E-state index in [0.717, 1.165) is 9.87 Å². The third kappa shape index (κ3) is 7.13. The molecule has 186 valence electrons. The average Bonchev–Trinajstić information content (AvgIpc) is 2.81. The second kappa shape index (κ2) is 11.8. The molecule has 1 amide bonds. The number of nitrogens with zero attached hydrogens (tertiary/aromatic N) is 1. The first kappa shape index (κ1) is 26.9. The number of nitrogens with one attached hydrogen (secondary N) is 1. The van der Waals surface area contributed by atoms with Gasteiger partial charge in [0.1, 0.15) is 12.3 Å². The lowest BCUT2D eigenvalue weighted by Crippen LogP contribution is -2.42. The maximum atomic E-state index is 13.5. The smallest absolute Gasteiger partial charge is 0.264 e. The largest absolute Gasteiger partial charge is 0.497 e. The van der Waals surface area contributed by atoms with E-state index in [2.05, 4.69) is 19.2 Å². The first-order valence-corrected chi connectivity index (χ1v) is 13.3. The molecule has 9 heteroatoms. The van der Waals surface area contributed by atoms with E-state index in [-0.39, 0.29) is 26.7 Å². The van der Waals surface area contributed by atoms with Crippen molar-refractivity contribution in [3.63, 3.8) is 0 Å². The van der Waals surface area contributed by atoms with Gasteiger partial charge in [-0.1, -0.05) is 67.4 Å². The van der Waals surface area contributed by atoms with Crippen molar-refractivity contribution in [2.24, 2.45) is 5.92 Å². The Hall–Kier alpha value is -2.74. The molecular formula is C26H28Cl2N2O4S. The molecular weight excluding hydrogens is 507 g/mol. The van der Waals surface area contributed by atoms with E-state index in [0.29, 0.717) is 18.1 Å². The molecule has 0 saturated heterocycles. The lowest BCUT2D eigenvalue weighted by Gasteiger charge is -2.27. The van der Waals surface area contributed by atoms with Crippen molar-refractivity contribution in [2.75, 3.05) is 18.0 Å². The Kier molecular flexibility index (Phi) is 9.05. The summed E-state index contributed by atoms with van der Waals surface area (Å²) >= 11 is 12.3. The van der Waals surface area contributed by atoms with Crippen LogP contribution >= 0.6 is 23.2 Å². The Balaban J connectivity index is 1.94. The molecule has 0 heterocycles. The maximum Gasteiger partial charge on any atom is 0.264 e. The number of amides is 1. The number of benzene rings is 3. The zero-order valence-electron chi connectivity index (χ0n) is 19.7. The molecule has 0 radical (unpaired) electrons. The van der Waals surface area contributed by atoms with E-state index in [4.69, 9.17) is 27.9 Å². The van der Waals surface area contributed by atoms with Gasteiger partial charge in [-0.05, 0) is 60.4 Å². The van der Waals surface area contributed by atoms with Crippen LogP contribution < -0.4 is 14.4 Å². The van der Waals surface area contributed by atoms with Crippen LogP contribution in [0.5, 0.6) is 5.75 Å². The van der Waals surface area contributed by atoms with Crippen molar-refractivity contribution >= 4 is 44.8 Å². The van der Waals surface area contributed by atoms with Crippen LogP contribution in [0.25, 0.3) is 0 Å². The molecule has 0 aliphatic carbocycles. The first-order valence-electron chi connectivity index (χ1n) is 11.1. The summed E-state index contributed by atoms with van der Waals surface area (Å²) in [5.41, 5.74) is 1.10. The highest BCUT2D eigenvalue weighted by Crippen LogP contribution is 2.30. The number of anilines is 1. The minimum Gasteiger partial charge on any atom is -0.497 e. The molecule has 1 N–H and O–H groups in total. The average molecular weight is 535 g/mol. The molecule has 0 aliphatic rings. The topological polar surface area (TPSA) is 75.7 Å². The number of ether oxygens (including phenoxy) is 1. The van der Waals surface area contributed by atoms with E-state index in [1.807, 2.05) is 24.3 Å². The molecule has 3 aromatic carbocycles. The third-order valence-corrected chi connectivity index (χ3v) is 7.54. The quantitative estimate of drug-likeness (QED) is 0.340. The predicted octanol–water partition coefficient (Wildman–Crippen LogP) is 6.10. The van der Waals surface area contributed by atoms with Crippen molar-refractivity contribution in [2.45, 2.75) is 31.2 Å². The molecule has 0 saturated carbocycles. The number of methoxy groups -OCH3 is 1. The van der Waals surface area contributed by atoms with Gasteiger partial charge in [-0.15, -0.1) is 0 Å².